The van der Waals surface area contributed by atoms with Gasteiger partial charge in [0, 0.05) is 41.6 Å². The number of halogens is 1. The van der Waals surface area contributed by atoms with Crippen LogP contribution in [0.25, 0.3) is 10.9 Å². The van der Waals surface area contributed by atoms with Crippen LogP contribution in [-0.2, 0) is 9.53 Å². The van der Waals surface area contributed by atoms with E-state index in [1.165, 1.54) is 13.4 Å². The summed E-state index contributed by atoms with van der Waals surface area (Å²) in [6.45, 7) is 3.88. The van der Waals surface area contributed by atoms with Crippen molar-refractivity contribution in [3.8, 4) is 0 Å². The third kappa shape index (κ3) is 4.28. The Morgan fingerprint density at radius 3 is 2.59 bits per heavy atom. The fraction of sp³-hybridized carbons (Fsp3) is 0.318. The van der Waals surface area contributed by atoms with Crippen LogP contribution in [0.5, 0.6) is 0 Å². The molecule has 0 saturated carbocycles. The lowest BCUT2D eigenvalue weighted by Gasteiger charge is -2.37. The van der Waals surface area contributed by atoms with Crippen LogP contribution in [0.4, 0.5) is 5.69 Å². The number of nitrogens with one attached hydrogen (secondary N) is 2. The number of fused-ring (bicyclic) bond motifs is 1. The number of carbonyl (C=O) groups is 3. The van der Waals surface area contributed by atoms with E-state index in [0.29, 0.717) is 48.5 Å². The van der Waals surface area contributed by atoms with Crippen LogP contribution in [0.15, 0.2) is 45.5 Å². The lowest BCUT2D eigenvalue weighted by molar-refractivity contribution is -0.121. The number of anilines is 1. The Morgan fingerprint density at radius 2 is 1.94 bits per heavy atom. The van der Waals surface area contributed by atoms with Gasteiger partial charge in [-0.3, -0.25) is 14.5 Å². The molecule has 0 unspecified atom stereocenters. The van der Waals surface area contributed by atoms with Crippen LogP contribution in [0, 0.1) is 0 Å². The van der Waals surface area contributed by atoms with E-state index in [1.807, 2.05) is 30.0 Å². The average molecular weight is 503 g/mol. The quantitative estimate of drug-likeness (QED) is 0.519. The zero-order chi connectivity index (χ0) is 22.8. The van der Waals surface area contributed by atoms with Crippen molar-refractivity contribution < 1.29 is 23.5 Å². The van der Waals surface area contributed by atoms with Crippen LogP contribution < -0.4 is 5.32 Å². The van der Waals surface area contributed by atoms with Crippen molar-refractivity contribution in [1.29, 1.82) is 0 Å². The lowest BCUT2D eigenvalue weighted by Crippen LogP contribution is -2.54. The maximum Gasteiger partial charge on any atom is 0.356 e. The molecule has 0 aliphatic carbocycles. The molecule has 1 aliphatic rings. The van der Waals surface area contributed by atoms with E-state index in [0.717, 1.165) is 4.47 Å². The summed E-state index contributed by atoms with van der Waals surface area (Å²) in [5.41, 5.74) is 1.29. The van der Waals surface area contributed by atoms with Crippen molar-refractivity contribution in [2.24, 2.45) is 0 Å². The van der Waals surface area contributed by atoms with Gasteiger partial charge in [-0.05, 0) is 37.3 Å². The highest BCUT2D eigenvalue weighted by molar-refractivity contribution is 9.10. The standard InChI is InChI=1S/C22H23BrN4O5/c1-13(26-7-9-27(10-8-26)21(29)17-4-3-11-32-17)20(28)25-18-15-12-14(23)5-6-16(15)24-19(18)22(30)31-2/h3-6,11-13,24H,7-10H2,1-2H3,(H,25,28)/t13-/m0/s1. The summed E-state index contributed by atoms with van der Waals surface area (Å²) < 4.78 is 10.9. The van der Waals surface area contributed by atoms with Crippen LogP contribution in [0.3, 0.4) is 0 Å². The minimum atomic E-state index is -0.565. The highest BCUT2D eigenvalue weighted by Crippen LogP contribution is 2.31. The molecule has 0 radical (unpaired) electrons. The number of hydrogen-bond acceptors (Lipinski definition) is 6. The summed E-state index contributed by atoms with van der Waals surface area (Å²) in [6.07, 6.45) is 1.47. The largest absolute Gasteiger partial charge is 0.464 e. The number of benzene rings is 1. The number of aromatic amines is 1. The number of carbonyl (C=O) groups excluding carboxylic acids is 3. The SMILES string of the molecule is COC(=O)c1[nH]c2ccc(Br)cc2c1NC(=O)[C@H](C)N1CCN(C(=O)c2ccco2)CC1. The maximum atomic E-state index is 13.1. The van der Waals surface area contributed by atoms with Crippen molar-refractivity contribution in [3.05, 3.63) is 52.5 Å². The third-order valence-corrected chi connectivity index (χ3v) is 6.15. The van der Waals surface area contributed by atoms with E-state index in [4.69, 9.17) is 9.15 Å². The molecule has 2 amide bonds. The number of nitrogens with zero attached hydrogens (tertiary/aromatic N) is 2. The lowest BCUT2D eigenvalue weighted by atomic mass is 10.1. The Morgan fingerprint density at radius 1 is 1.19 bits per heavy atom. The van der Waals surface area contributed by atoms with Gasteiger partial charge in [-0.1, -0.05) is 15.9 Å². The summed E-state index contributed by atoms with van der Waals surface area (Å²) in [5, 5.41) is 3.60. The highest BCUT2D eigenvalue weighted by atomic mass is 79.9. The summed E-state index contributed by atoms with van der Waals surface area (Å²) in [4.78, 5) is 44.5. The molecule has 3 heterocycles. The van der Waals surface area contributed by atoms with E-state index in [9.17, 15) is 14.4 Å². The van der Waals surface area contributed by atoms with Gasteiger partial charge >= 0.3 is 5.97 Å². The highest BCUT2D eigenvalue weighted by Gasteiger charge is 2.30. The van der Waals surface area contributed by atoms with Gasteiger partial charge in [-0.2, -0.15) is 0 Å². The predicted molar refractivity (Wildman–Crippen MR) is 122 cm³/mol. The Labute approximate surface area is 192 Å². The van der Waals surface area contributed by atoms with Gasteiger partial charge in [-0.25, -0.2) is 4.79 Å². The maximum absolute atomic E-state index is 13.1. The van der Waals surface area contributed by atoms with E-state index in [2.05, 4.69) is 26.2 Å². The van der Waals surface area contributed by atoms with Gasteiger partial charge in [0.1, 0.15) is 5.69 Å². The summed E-state index contributed by atoms with van der Waals surface area (Å²) >= 11 is 3.43. The normalized spacial score (nSPS) is 15.5. The van der Waals surface area contributed by atoms with Crippen LogP contribution in [0.2, 0.25) is 0 Å². The van der Waals surface area contributed by atoms with E-state index >= 15 is 0 Å². The molecular weight excluding hydrogens is 480 g/mol. The van der Waals surface area contributed by atoms with Crippen molar-refractivity contribution >= 4 is 50.3 Å². The molecule has 1 fully saturated rings. The number of furan rings is 1. The molecule has 2 aromatic heterocycles. The topological polar surface area (TPSA) is 108 Å². The van der Waals surface area contributed by atoms with Crippen LogP contribution in [0.1, 0.15) is 28.0 Å². The van der Waals surface area contributed by atoms with Crippen LogP contribution in [-0.4, -0.2) is 71.9 Å². The van der Waals surface area contributed by atoms with Gasteiger partial charge in [0.2, 0.25) is 5.91 Å². The number of amides is 2. The molecule has 1 atom stereocenters. The molecule has 1 aromatic carbocycles. The molecule has 32 heavy (non-hydrogen) atoms. The number of H-pyrrole nitrogens is 1. The molecule has 0 spiro atoms. The number of piperazine rings is 1. The second-order valence-corrected chi connectivity index (χ2v) is 8.44. The van der Waals surface area contributed by atoms with Gasteiger partial charge in [0.25, 0.3) is 5.91 Å². The monoisotopic (exact) mass is 502 g/mol. The Kier molecular flexibility index (Phi) is 6.33. The second kappa shape index (κ2) is 9.17. The number of methoxy groups -OCH3 is 1. The molecule has 9 nitrogen and oxygen atoms in total. The number of rotatable bonds is 5. The van der Waals surface area contributed by atoms with Gasteiger partial charge < -0.3 is 24.4 Å². The zero-order valence-corrected chi connectivity index (χ0v) is 19.3. The van der Waals surface area contributed by atoms with Crippen molar-refractivity contribution in [1.82, 2.24) is 14.8 Å². The molecule has 3 aromatic rings. The first-order valence-electron chi connectivity index (χ1n) is 10.2. The Hall–Kier alpha value is -3.11. The van der Waals surface area contributed by atoms with Gasteiger partial charge in [0.15, 0.2) is 5.76 Å². The number of aromatic nitrogens is 1. The second-order valence-electron chi connectivity index (χ2n) is 7.53. The fourth-order valence-corrected chi connectivity index (χ4v) is 4.17. The van der Waals surface area contributed by atoms with E-state index < -0.39 is 12.0 Å². The molecule has 10 heteroatoms. The molecule has 1 saturated heterocycles. The van der Waals surface area contributed by atoms with E-state index in [1.54, 1.807) is 17.0 Å². The first-order chi connectivity index (χ1) is 15.4. The average Bonchev–Trinajstić information content (AvgIpc) is 3.46. The number of hydrogen-bond donors (Lipinski definition) is 2. The van der Waals surface area contributed by atoms with Crippen LogP contribution >= 0.6 is 15.9 Å². The molecule has 1 aliphatic heterocycles. The van der Waals surface area contributed by atoms with Gasteiger partial charge in [-0.15, -0.1) is 0 Å². The van der Waals surface area contributed by atoms with Crippen molar-refractivity contribution in [2.75, 3.05) is 38.6 Å². The Bertz CT molecular complexity index is 1150. The number of ether oxygens (including phenoxy) is 1. The fourth-order valence-electron chi connectivity index (χ4n) is 3.81. The smallest absolute Gasteiger partial charge is 0.356 e. The molecule has 4 rings (SSSR count). The third-order valence-electron chi connectivity index (χ3n) is 5.66. The van der Waals surface area contributed by atoms with Crippen molar-refractivity contribution in [2.45, 2.75) is 13.0 Å². The Balaban J connectivity index is 1.46. The first-order valence-corrected chi connectivity index (χ1v) is 11.0. The molecule has 168 valence electrons. The zero-order valence-electron chi connectivity index (χ0n) is 17.7. The minimum absolute atomic E-state index is 0.154. The summed E-state index contributed by atoms with van der Waals surface area (Å²) in [6, 6.07) is 8.36. The predicted octanol–water partition coefficient (Wildman–Crippen LogP) is 3.10. The number of esters is 1. The van der Waals surface area contributed by atoms with Crippen molar-refractivity contribution in [3.63, 3.8) is 0 Å². The van der Waals surface area contributed by atoms with E-state index in [-0.39, 0.29) is 17.5 Å². The molecular formula is C22H23BrN4O5. The summed E-state index contributed by atoms with van der Waals surface area (Å²) in [7, 11) is 1.29. The molecule has 2 N–H and O–H groups in total. The summed E-state index contributed by atoms with van der Waals surface area (Å²) in [5.74, 6) is -0.656. The van der Waals surface area contributed by atoms with Gasteiger partial charge in [0.05, 0.1) is 25.1 Å². The minimum Gasteiger partial charge on any atom is -0.464 e. The molecule has 0 bridgehead atoms. The first kappa shape index (κ1) is 22.1.